The van der Waals surface area contributed by atoms with Gasteiger partial charge in [0.1, 0.15) is 5.82 Å². The minimum Gasteiger partial charge on any atom is -0.359 e. The summed E-state index contributed by atoms with van der Waals surface area (Å²) in [6, 6.07) is 3.06. The molecule has 92 valence electrons. The summed E-state index contributed by atoms with van der Waals surface area (Å²) in [5.41, 5.74) is 6.01. The summed E-state index contributed by atoms with van der Waals surface area (Å²) in [4.78, 5) is 6.19. The van der Waals surface area contributed by atoms with Crippen molar-refractivity contribution in [2.45, 2.75) is 24.8 Å². The average molecular weight is 253 g/mol. The minimum absolute atomic E-state index is 0.240. The summed E-state index contributed by atoms with van der Waals surface area (Å²) >= 11 is 1.76. The number of hydrogen-bond acceptors (Lipinski definition) is 4. The Morgan fingerprint density at radius 1 is 1.53 bits per heavy atom. The lowest BCUT2D eigenvalue weighted by molar-refractivity contribution is 0.327. The Bertz CT molecular complexity index is 397. The van der Waals surface area contributed by atoms with Crippen LogP contribution >= 0.6 is 11.8 Å². The Kier molecular flexibility index (Phi) is 4.39. The molecule has 1 aliphatic rings. The van der Waals surface area contributed by atoms with Crippen LogP contribution < -0.4 is 5.73 Å². The van der Waals surface area contributed by atoms with Crippen LogP contribution in [-0.4, -0.2) is 21.8 Å². The molecular weight excluding hydrogens is 237 g/mol. The zero-order valence-corrected chi connectivity index (χ0v) is 10.4. The zero-order valence-electron chi connectivity index (χ0n) is 9.55. The molecule has 0 fully saturated rings. The molecule has 2 N–H and O–H groups in total. The molecule has 0 saturated heterocycles. The third kappa shape index (κ3) is 3.20. The maximum Gasteiger partial charge on any atom is 0.146 e. The second kappa shape index (κ2) is 6.02. The van der Waals surface area contributed by atoms with Gasteiger partial charge in [0.25, 0.3) is 0 Å². The summed E-state index contributed by atoms with van der Waals surface area (Å²) in [6.07, 6.45) is 5.63. The highest BCUT2D eigenvalue weighted by atomic mass is 32.2. The Hall–Kier alpha value is -1.07. The first-order valence-corrected chi connectivity index (χ1v) is 6.63. The van der Waals surface area contributed by atoms with E-state index in [2.05, 4.69) is 9.88 Å². The molecular formula is C12H16FN3S. The van der Waals surface area contributed by atoms with E-state index in [9.17, 15) is 4.39 Å². The van der Waals surface area contributed by atoms with Crippen molar-refractivity contribution in [3.63, 3.8) is 0 Å². The van der Waals surface area contributed by atoms with Gasteiger partial charge in [-0.15, -0.1) is 11.8 Å². The molecule has 1 aromatic heterocycles. The number of hydrogen-bond donors (Lipinski definition) is 1. The van der Waals surface area contributed by atoms with Gasteiger partial charge < -0.3 is 10.6 Å². The van der Waals surface area contributed by atoms with Gasteiger partial charge in [-0.25, -0.2) is 4.39 Å². The van der Waals surface area contributed by atoms with E-state index < -0.39 is 0 Å². The second-order valence-electron chi connectivity index (χ2n) is 3.91. The highest BCUT2D eigenvalue weighted by molar-refractivity contribution is 8.02. The molecule has 0 amide bonds. The van der Waals surface area contributed by atoms with Crippen LogP contribution in [0, 0.1) is 5.82 Å². The van der Waals surface area contributed by atoms with Gasteiger partial charge >= 0.3 is 0 Å². The Morgan fingerprint density at radius 2 is 2.41 bits per heavy atom. The third-order valence-electron chi connectivity index (χ3n) is 2.68. The Morgan fingerprint density at radius 3 is 3.18 bits per heavy atom. The van der Waals surface area contributed by atoms with E-state index in [-0.39, 0.29) is 5.82 Å². The molecule has 3 nitrogen and oxygen atoms in total. The van der Waals surface area contributed by atoms with Crippen LogP contribution in [0.5, 0.6) is 0 Å². The molecule has 1 unspecified atom stereocenters. The molecule has 5 heteroatoms. The minimum atomic E-state index is -0.240. The molecule has 2 rings (SSSR count). The van der Waals surface area contributed by atoms with Crippen LogP contribution in [0.25, 0.3) is 0 Å². The fourth-order valence-electron chi connectivity index (χ4n) is 1.77. The second-order valence-corrected chi connectivity index (χ2v) is 5.00. The van der Waals surface area contributed by atoms with Gasteiger partial charge in [0.2, 0.25) is 0 Å². The summed E-state index contributed by atoms with van der Waals surface area (Å²) in [5.74, 6) is -0.240. The van der Waals surface area contributed by atoms with Gasteiger partial charge in [0.15, 0.2) is 0 Å². The first kappa shape index (κ1) is 12.4. The molecule has 0 aliphatic carbocycles. The lowest BCUT2D eigenvalue weighted by atomic mass is 10.2. The molecule has 1 atom stereocenters. The number of nitrogens with zero attached hydrogens (tertiary/aromatic N) is 2. The van der Waals surface area contributed by atoms with Crippen molar-refractivity contribution in [3.05, 3.63) is 41.4 Å². The molecule has 0 saturated carbocycles. The van der Waals surface area contributed by atoms with Crippen LogP contribution in [0.2, 0.25) is 0 Å². The topological polar surface area (TPSA) is 42.1 Å². The van der Waals surface area contributed by atoms with Crippen LogP contribution in [0.1, 0.15) is 18.5 Å². The molecule has 17 heavy (non-hydrogen) atoms. The number of thioether (sulfide) groups is 1. The molecule has 0 spiro atoms. The van der Waals surface area contributed by atoms with Crippen molar-refractivity contribution < 1.29 is 4.39 Å². The van der Waals surface area contributed by atoms with Gasteiger partial charge in [-0.2, -0.15) is 0 Å². The predicted octanol–water partition coefficient (Wildman–Crippen LogP) is 2.31. The van der Waals surface area contributed by atoms with E-state index in [1.165, 1.54) is 6.07 Å². The number of pyridine rings is 1. The standard InChI is InChI=1S/C12H16FN3S/c13-10-3-2-6-15-11(10)9-16-7-8-17-12(16)4-1-5-14/h2-3,6-8,12H,1,4-5,9,14H2. The summed E-state index contributed by atoms with van der Waals surface area (Å²) < 4.78 is 13.5. The van der Waals surface area contributed by atoms with E-state index >= 15 is 0 Å². The summed E-state index contributed by atoms with van der Waals surface area (Å²) in [7, 11) is 0. The normalized spacial score (nSPS) is 18.9. The van der Waals surface area contributed by atoms with Crippen LogP contribution in [-0.2, 0) is 6.54 Å². The van der Waals surface area contributed by atoms with E-state index in [4.69, 9.17) is 5.73 Å². The highest BCUT2D eigenvalue weighted by Crippen LogP contribution is 2.29. The van der Waals surface area contributed by atoms with Crippen molar-refractivity contribution in [3.8, 4) is 0 Å². The van der Waals surface area contributed by atoms with Crippen molar-refractivity contribution in [2.75, 3.05) is 6.54 Å². The number of aromatic nitrogens is 1. The largest absolute Gasteiger partial charge is 0.359 e. The number of rotatable bonds is 5. The predicted molar refractivity (Wildman–Crippen MR) is 68.5 cm³/mol. The highest BCUT2D eigenvalue weighted by Gasteiger charge is 2.20. The monoisotopic (exact) mass is 253 g/mol. The van der Waals surface area contributed by atoms with Crippen molar-refractivity contribution in [1.82, 2.24) is 9.88 Å². The number of halogens is 1. The van der Waals surface area contributed by atoms with Gasteiger partial charge in [-0.3, -0.25) is 4.98 Å². The smallest absolute Gasteiger partial charge is 0.146 e. The van der Waals surface area contributed by atoms with E-state index in [0.717, 1.165) is 12.8 Å². The average Bonchev–Trinajstić information content (AvgIpc) is 2.77. The fourth-order valence-corrected chi connectivity index (χ4v) is 2.78. The van der Waals surface area contributed by atoms with Gasteiger partial charge in [-0.1, -0.05) is 0 Å². The van der Waals surface area contributed by atoms with Crippen LogP contribution in [0.3, 0.4) is 0 Å². The molecule has 0 bridgehead atoms. The van der Waals surface area contributed by atoms with Crippen molar-refractivity contribution >= 4 is 11.8 Å². The van der Waals surface area contributed by atoms with Crippen molar-refractivity contribution in [2.24, 2.45) is 5.73 Å². The lowest BCUT2D eigenvalue weighted by Gasteiger charge is -2.24. The molecule has 1 aliphatic heterocycles. The van der Waals surface area contributed by atoms with Crippen molar-refractivity contribution in [1.29, 1.82) is 0 Å². The fraction of sp³-hybridized carbons (Fsp3) is 0.417. The lowest BCUT2D eigenvalue weighted by Crippen LogP contribution is -2.25. The van der Waals surface area contributed by atoms with E-state index in [1.54, 1.807) is 24.0 Å². The van der Waals surface area contributed by atoms with Crippen LogP contribution in [0.15, 0.2) is 29.9 Å². The first-order chi connectivity index (χ1) is 8.31. The summed E-state index contributed by atoms with van der Waals surface area (Å²) in [5, 5.41) is 2.40. The van der Waals surface area contributed by atoms with Gasteiger partial charge in [0, 0.05) is 12.4 Å². The first-order valence-electron chi connectivity index (χ1n) is 5.68. The number of nitrogens with two attached hydrogens (primary N) is 1. The Balaban J connectivity index is 1.98. The van der Waals surface area contributed by atoms with E-state index in [0.29, 0.717) is 24.2 Å². The quantitative estimate of drug-likeness (QED) is 0.874. The summed E-state index contributed by atoms with van der Waals surface area (Å²) in [6.45, 7) is 1.22. The van der Waals surface area contributed by atoms with Crippen LogP contribution in [0.4, 0.5) is 4.39 Å². The Labute approximate surface area is 105 Å². The SMILES string of the molecule is NCCCC1SC=CN1Cc1ncccc1F. The van der Waals surface area contributed by atoms with Gasteiger partial charge in [-0.05, 0) is 36.9 Å². The maximum atomic E-state index is 13.5. The molecule has 0 aromatic carbocycles. The zero-order chi connectivity index (χ0) is 12.1. The van der Waals surface area contributed by atoms with Gasteiger partial charge in [0.05, 0.1) is 17.6 Å². The molecule has 0 radical (unpaired) electrons. The van der Waals surface area contributed by atoms with E-state index in [1.807, 2.05) is 11.6 Å². The molecule has 1 aromatic rings. The third-order valence-corrected chi connectivity index (χ3v) is 3.78. The molecule has 2 heterocycles. The maximum absolute atomic E-state index is 13.5.